The molecule has 3 nitrogen and oxygen atoms in total. The first-order valence-electron chi connectivity index (χ1n) is 4.90. The number of hydrogen-bond donors (Lipinski definition) is 2. The van der Waals surface area contributed by atoms with Crippen molar-refractivity contribution < 1.29 is 4.39 Å². The Hall–Kier alpha value is -1.16. The second-order valence-corrected chi connectivity index (χ2v) is 3.68. The zero-order valence-electron chi connectivity index (χ0n) is 7.91. The number of anilines is 1. The lowest BCUT2D eigenvalue weighted by atomic mass is 10.2. The number of nitrogens with one attached hydrogen (secondary N) is 1. The van der Waals surface area contributed by atoms with E-state index in [0.29, 0.717) is 5.82 Å². The third kappa shape index (κ3) is 1.85. The van der Waals surface area contributed by atoms with Crippen LogP contribution in [0.25, 0.3) is 0 Å². The van der Waals surface area contributed by atoms with Crippen molar-refractivity contribution in [2.45, 2.75) is 31.3 Å². The van der Waals surface area contributed by atoms with E-state index in [-0.39, 0.29) is 17.9 Å². The molecule has 1 aromatic rings. The lowest BCUT2D eigenvalue weighted by Crippen LogP contribution is -2.35. The number of hydrogen-bond acceptors (Lipinski definition) is 3. The van der Waals surface area contributed by atoms with Crippen LogP contribution in [0.3, 0.4) is 0 Å². The minimum atomic E-state index is -0.313. The Kier molecular flexibility index (Phi) is 2.63. The first-order valence-corrected chi connectivity index (χ1v) is 4.90. The molecule has 1 aromatic heterocycles. The molecule has 76 valence electrons. The summed E-state index contributed by atoms with van der Waals surface area (Å²) in [4.78, 5) is 3.93. The average molecular weight is 195 g/mol. The Morgan fingerprint density at radius 1 is 1.50 bits per heavy atom. The Morgan fingerprint density at radius 2 is 2.36 bits per heavy atom. The molecule has 14 heavy (non-hydrogen) atoms. The zero-order valence-corrected chi connectivity index (χ0v) is 7.91. The average Bonchev–Trinajstić information content (AvgIpc) is 2.56. The Balaban J connectivity index is 2.07. The number of nitrogens with two attached hydrogens (primary N) is 1. The molecule has 0 radical (unpaired) electrons. The summed E-state index contributed by atoms with van der Waals surface area (Å²) < 4.78 is 13.2. The molecule has 2 atom stereocenters. The van der Waals surface area contributed by atoms with Crippen LogP contribution in [0.2, 0.25) is 0 Å². The summed E-state index contributed by atoms with van der Waals surface area (Å²) in [7, 11) is 0. The van der Waals surface area contributed by atoms with Gasteiger partial charge in [-0.1, -0.05) is 0 Å². The topological polar surface area (TPSA) is 50.9 Å². The molecule has 1 fully saturated rings. The van der Waals surface area contributed by atoms with E-state index >= 15 is 0 Å². The summed E-state index contributed by atoms with van der Waals surface area (Å²) in [6.45, 7) is 0. The van der Waals surface area contributed by atoms with Gasteiger partial charge in [-0.25, -0.2) is 9.37 Å². The molecule has 1 aliphatic rings. The molecule has 2 rings (SSSR count). The highest BCUT2D eigenvalue weighted by molar-refractivity contribution is 5.37. The number of pyridine rings is 1. The van der Waals surface area contributed by atoms with Gasteiger partial charge < -0.3 is 11.1 Å². The van der Waals surface area contributed by atoms with E-state index in [1.54, 1.807) is 12.3 Å². The van der Waals surface area contributed by atoms with E-state index in [2.05, 4.69) is 10.3 Å². The van der Waals surface area contributed by atoms with Crippen molar-refractivity contribution in [2.24, 2.45) is 5.73 Å². The van der Waals surface area contributed by atoms with Crippen molar-refractivity contribution in [1.29, 1.82) is 0 Å². The summed E-state index contributed by atoms with van der Waals surface area (Å²) >= 11 is 0. The third-order valence-corrected chi connectivity index (χ3v) is 2.65. The quantitative estimate of drug-likeness (QED) is 0.752. The maximum absolute atomic E-state index is 13.2. The maximum Gasteiger partial charge on any atom is 0.165 e. The predicted molar refractivity (Wildman–Crippen MR) is 53.4 cm³/mol. The molecule has 0 bridgehead atoms. The molecule has 0 aromatic carbocycles. The largest absolute Gasteiger partial charge is 0.363 e. The van der Waals surface area contributed by atoms with Crippen LogP contribution in [0.1, 0.15) is 19.3 Å². The van der Waals surface area contributed by atoms with Gasteiger partial charge in [-0.15, -0.1) is 0 Å². The molecule has 1 aliphatic carbocycles. The molecule has 0 amide bonds. The standard InChI is InChI=1S/C10H14FN3/c11-7-3-2-6-13-10(7)14-9-5-1-4-8(9)12/h2-3,6,8-9H,1,4-5,12H2,(H,13,14). The van der Waals surface area contributed by atoms with Crippen molar-refractivity contribution >= 4 is 5.82 Å². The number of rotatable bonds is 2. The first kappa shape index (κ1) is 9.40. The van der Waals surface area contributed by atoms with Gasteiger partial charge in [-0.2, -0.15) is 0 Å². The van der Waals surface area contributed by atoms with E-state index in [9.17, 15) is 4.39 Å². The summed E-state index contributed by atoms with van der Waals surface area (Å²) in [5, 5.41) is 3.05. The number of nitrogens with zero attached hydrogens (tertiary/aromatic N) is 1. The third-order valence-electron chi connectivity index (χ3n) is 2.65. The molecule has 0 aliphatic heterocycles. The first-order chi connectivity index (χ1) is 6.77. The van der Waals surface area contributed by atoms with Gasteiger partial charge in [0, 0.05) is 18.3 Å². The van der Waals surface area contributed by atoms with Crippen LogP contribution in [0.15, 0.2) is 18.3 Å². The normalized spacial score (nSPS) is 26.4. The van der Waals surface area contributed by atoms with E-state index in [4.69, 9.17) is 5.73 Å². The highest BCUT2D eigenvalue weighted by Gasteiger charge is 2.24. The second kappa shape index (κ2) is 3.92. The molecule has 4 heteroatoms. The Labute approximate surface area is 82.5 Å². The predicted octanol–water partition coefficient (Wildman–Crippen LogP) is 1.51. The fourth-order valence-corrected chi connectivity index (χ4v) is 1.84. The van der Waals surface area contributed by atoms with Gasteiger partial charge in [0.2, 0.25) is 0 Å². The van der Waals surface area contributed by atoms with Gasteiger partial charge in [0.05, 0.1) is 0 Å². The maximum atomic E-state index is 13.2. The van der Waals surface area contributed by atoms with E-state index in [1.165, 1.54) is 6.07 Å². The van der Waals surface area contributed by atoms with Crippen LogP contribution in [-0.2, 0) is 0 Å². The van der Waals surface area contributed by atoms with Crippen molar-refractivity contribution in [3.8, 4) is 0 Å². The van der Waals surface area contributed by atoms with Crippen LogP contribution in [0, 0.1) is 5.82 Å². The monoisotopic (exact) mass is 195 g/mol. The fourth-order valence-electron chi connectivity index (χ4n) is 1.84. The van der Waals surface area contributed by atoms with Crippen LogP contribution < -0.4 is 11.1 Å². The van der Waals surface area contributed by atoms with E-state index in [1.807, 2.05) is 0 Å². The number of aromatic nitrogens is 1. The molecule has 3 N–H and O–H groups in total. The van der Waals surface area contributed by atoms with Gasteiger partial charge in [0.1, 0.15) is 0 Å². The van der Waals surface area contributed by atoms with Crippen LogP contribution in [0.5, 0.6) is 0 Å². The smallest absolute Gasteiger partial charge is 0.165 e. The Morgan fingerprint density at radius 3 is 3.00 bits per heavy atom. The minimum Gasteiger partial charge on any atom is -0.363 e. The Bertz CT molecular complexity index is 316. The van der Waals surface area contributed by atoms with Crippen molar-refractivity contribution in [3.05, 3.63) is 24.1 Å². The summed E-state index contributed by atoms with van der Waals surface area (Å²) in [5.74, 6) is 0.00134. The molecular weight excluding hydrogens is 181 g/mol. The highest BCUT2D eigenvalue weighted by Crippen LogP contribution is 2.21. The van der Waals surface area contributed by atoms with Crippen molar-refractivity contribution in [3.63, 3.8) is 0 Å². The lowest BCUT2D eigenvalue weighted by molar-refractivity contribution is 0.601. The van der Waals surface area contributed by atoms with Gasteiger partial charge in [-0.05, 0) is 31.4 Å². The van der Waals surface area contributed by atoms with Gasteiger partial charge >= 0.3 is 0 Å². The van der Waals surface area contributed by atoms with Gasteiger partial charge in [-0.3, -0.25) is 0 Å². The molecule has 2 unspecified atom stereocenters. The highest BCUT2D eigenvalue weighted by atomic mass is 19.1. The molecule has 0 spiro atoms. The van der Waals surface area contributed by atoms with Gasteiger partial charge in [0.25, 0.3) is 0 Å². The summed E-state index contributed by atoms with van der Waals surface area (Å²) in [5.41, 5.74) is 5.86. The zero-order chi connectivity index (χ0) is 9.97. The second-order valence-electron chi connectivity index (χ2n) is 3.68. The van der Waals surface area contributed by atoms with Crippen LogP contribution >= 0.6 is 0 Å². The number of halogens is 1. The van der Waals surface area contributed by atoms with Crippen molar-refractivity contribution in [2.75, 3.05) is 5.32 Å². The molecular formula is C10H14FN3. The van der Waals surface area contributed by atoms with E-state index in [0.717, 1.165) is 19.3 Å². The SMILES string of the molecule is NC1CCCC1Nc1ncccc1F. The van der Waals surface area contributed by atoms with Gasteiger partial charge in [0.15, 0.2) is 11.6 Å². The summed E-state index contributed by atoms with van der Waals surface area (Å²) in [6, 6.07) is 3.26. The van der Waals surface area contributed by atoms with Crippen LogP contribution in [-0.4, -0.2) is 17.1 Å². The van der Waals surface area contributed by atoms with Crippen molar-refractivity contribution in [1.82, 2.24) is 4.98 Å². The van der Waals surface area contributed by atoms with Crippen LogP contribution in [0.4, 0.5) is 10.2 Å². The fraction of sp³-hybridized carbons (Fsp3) is 0.500. The summed E-state index contributed by atoms with van der Waals surface area (Å²) in [6.07, 6.45) is 4.68. The van der Waals surface area contributed by atoms with E-state index < -0.39 is 0 Å². The minimum absolute atomic E-state index is 0.122. The lowest BCUT2D eigenvalue weighted by Gasteiger charge is -2.17. The molecule has 1 heterocycles. The molecule has 1 saturated carbocycles. The molecule has 0 saturated heterocycles.